The van der Waals surface area contributed by atoms with Gasteiger partial charge in [-0.15, -0.1) is 0 Å². The first-order valence-electron chi connectivity index (χ1n) is 7.82. The van der Waals surface area contributed by atoms with Crippen molar-refractivity contribution in [1.29, 1.82) is 0 Å². The van der Waals surface area contributed by atoms with Gasteiger partial charge in [0, 0.05) is 7.11 Å². The molecule has 5 atom stereocenters. The van der Waals surface area contributed by atoms with Gasteiger partial charge in [0.05, 0.1) is 0 Å². The lowest BCUT2D eigenvalue weighted by Gasteiger charge is -2.27. The van der Waals surface area contributed by atoms with Crippen LogP contribution < -0.4 is 0 Å². The van der Waals surface area contributed by atoms with Crippen LogP contribution in [0.15, 0.2) is 18.2 Å². The second-order valence-electron chi connectivity index (χ2n) is 6.74. The van der Waals surface area contributed by atoms with Crippen LogP contribution in [-0.2, 0) is 31.8 Å². The predicted octanol–water partition coefficient (Wildman–Crippen LogP) is 1.71. The summed E-state index contributed by atoms with van der Waals surface area (Å²) in [6.45, 7) is 3.74. The summed E-state index contributed by atoms with van der Waals surface area (Å²) in [5, 5.41) is 10.8. The maximum atomic E-state index is 10.8. The summed E-state index contributed by atoms with van der Waals surface area (Å²) in [4.78, 5) is 0. The van der Waals surface area contributed by atoms with Gasteiger partial charge in [-0.1, -0.05) is 18.2 Å². The normalized spacial score (nSPS) is 36.5. The Morgan fingerprint density at radius 1 is 1.18 bits per heavy atom. The Hall–Kier alpha value is -0.980. The van der Waals surface area contributed by atoms with Crippen molar-refractivity contribution in [2.24, 2.45) is 0 Å². The summed E-state index contributed by atoms with van der Waals surface area (Å²) in [5.74, 6) is -0.686. The van der Waals surface area contributed by atoms with Crippen molar-refractivity contribution in [2.45, 2.75) is 63.2 Å². The molecular weight excluding hydrogens is 284 g/mol. The average molecular weight is 306 g/mol. The number of aryl methyl sites for hydroxylation is 2. The molecule has 0 unspecified atom stereocenters. The smallest absolute Gasteiger partial charge is 0.186 e. The van der Waals surface area contributed by atoms with Crippen LogP contribution in [0.4, 0.5) is 0 Å². The molecule has 2 aliphatic heterocycles. The number of rotatable bonds is 3. The molecule has 0 spiro atoms. The van der Waals surface area contributed by atoms with Gasteiger partial charge in [0.2, 0.25) is 0 Å². The number of aliphatic hydroxyl groups is 1. The molecule has 4 rings (SSSR count). The van der Waals surface area contributed by atoms with Gasteiger partial charge < -0.3 is 24.1 Å². The van der Waals surface area contributed by atoms with Gasteiger partial charge in [0.1, 0.15) is 24.4 Å². The zero-order chi connectivity index (χ0) is 15.5. The first kappa shape index (κ1) is 14.6. The minimum absolute atomic E-state index is 0.314. The Labute approximate surface area is 130 Å². The fraction of sp³-hybridized carbons (Fsp3) is 0.647. The number of aliphatic hydroxyl groups excluding tert-OH is 1. The molecule has 3 aliphatic rings. The topological polar surface area (TPSA) is 57.2 Å². The van der Waals surface area contributed by atoms with Crippen LogP contribution in [0.2, 0.25) is 0 Å². The lowest BCUT2D eigenvalue weighted by molar-refractivity contribution is -0.237. The van der Waals surface area contributed by atoms with E-state index in [1.807, 2.05) is 19.9 Å². The molecule has 1 aromatic carbocycles. The Kier molecular flexibility index (Phi) is 3.33. The highest BCUT2D eigenvalue weighted by Gasteiger charge is 2.57. The van der Waals surface area contributed by atoms with Crippen LogP contribution in [0.25, 0.3) is 0 Å². The van der Waals surface area contributed by atoms with Crippen molar-refractivity contribution in [2.75, 3.05) is 7.11 Å². The Balaban J connectivity index is 1.59. The van der Waals surface area contributed by atoms with E-state index < -0.39 is 24.3 Å². The van der Waals surface area contributed by atoms with E-state index >= 15 is 0 Å². The van der Waals surface area contributed by atoms with Crippen LogP contribution in [0.5, 0.6) is 0 Å². The molecule has 2 heterocycles. The van der Waals surface area contributed by atoms with Gasteiger partial charge in [-0.2, -0.15) is 0 Å². The average Bonchev–Trinajstić information content (AvgIpc) is 2.92. The first-order chi connectivity index (χ1) is 10.5. The van der Waals surface area contributed by atoms with E-state index in [1.165, 1.54) is 11.1 Å². The van der Waals surface area contributed by atoms with Gasteiger partial charge in [-0.05, 0) is 43.4 Å². The molecule has 0 saturated carbocycles. The molecule has 120 valence electrons. The molecule has 2 saturated heterocycles. The van der Waals surface area contributed by atoms with Gasteiger partial charge >= 0.3 is 0 Å². The van der Waals surface area contributed by atoms with Crippen LogP contribution in [-0.4, -0.2) is 42.6 Å². The van der Waals surface area contributed by atoms with E-state index in [2.05, 4.69) is 12.1 Å². The summed E-state index contributed by atoms with van der Waals surface area (Å²) < 4.78 is 23.0. The highest BCUT2D eigenvalue weighted by molar-refractivity contribution is 5.39. The van der Waals surface area contributed by atoms with Crippen LogP contribution in [0.3, 0.4) is 0 Å². The summed E-state index contributed by atoms with van der Waals surface area (Å²) in [6, 6.07) is 6.14. The molecule has 0 bridgehead atoms. The van der Waals surface area contributed by atoms with Crippen molar-refractivity contribution in [3.8, 4) is 0 Å². The highest BCUT2D eigenvalue weighted by Crippen LogP contribution is 2.43. The van der Waals surface area contributed by atoms with Crippen LogP contribution in [0, 0.1) is 0 Å². The largest absolute Gasteiger partial charge is 0.386 e. The zero-order valence-electron chi connectivity index (χ0n) is 13.1. The van der Waals surface area contributed by atoms with Crippen molar-refractivity contribution in [1.82, 2.24) is 0 Å². The molecule has 0 aromatic heterocycles. The molecule has 5 nitrogen and oxygen atoms in total. The second-order valence-corrected chi connectivity index (χ2v) is 6.74. The highest BCUT2D eigenvalue weighted by atomic mass is 16.8. The van der Waals surface area contributed by atoms with E-state index in [-0.39, 0.29) is 12.2 Å². The molecular formula is C17H22O5. The molecule has 22 heavy (non-hydrogen) atoms. The van der Waals surface area contributed by atoms with Gasteiger partial charge in [0.15, 0.2) is 12.1 Å². The van der Waals surface area contributed by atoms with Crippen molar-refractivity contribution in [3.05, 3.63) is 34.9 Å². The van der Waals surface area contributed by atoms with Gasteiger partial charge in [-0.25, -0.2) is 0 Å². The number of ether oxygens (including phenoxy) is 4. The Bertz CT molecular complexity index is 584. The van der Waals surface area contributed by atoms with Crippen molar-refractivity contribution in [3.63, 3.8) is 0 Å². The number of fused-ring (bicyclic) bond motifs is 2. The predicted molar refractivity (Wildman–Crippen MR) is 78.3 cm³/mol. The van der Waals surface area contributed by atoms with Crippen LogP contribution in [0.1, 0.15) is 36.6 Å². The maximum absolute atomic E-state index is 10.8. The summed E-state index contributed by atoms with van der Waals surface area (Å²) in [7, 11) is 1.58. The van der Waals surface area contributed by atoms with Crippen molar-refractivity contribution >= 4 is 0 Å². The summed E-state index contributed by atoms with van der Waals surface area (Å²) in [6.07, 6.45) is -0.190. The fourth-order valence-electron chi connectivity index (χ4n) is 3.62. The Morgan fingerprint density at radius 2 is 1.91 bits per heavy atom. The number of benzene rings is 1. The lowest BCUT2D eigenvalue weighted by Crippen LogP contribution is -2.34. The van der Waals surface area contributed by atoms with Crippen molar-refractivity contribution < 1.29 is 24.1 Å². The molecule has 0 radical (unpaired) electrons. The minimum Gasteiger partial charge on any atom is -0.386 e. The van der Waals surface area contributed by atoms with E-state index in [0.29, 0.717) is 0 Å². The summed E-state index contributed by atoms with van der Waals surface area (Å²) in [5.41, 5.74) is 3.56. The Morgan fingerprint density at radius 3 is 2.55 bits per heavy atom. The third-order valence-corrected chi connectivity index (χ3v) is 4.83. The molecule has 2 fully saturated rings. The maximum Gasteiger partial charge on any atom is 0.186 e. The van der Waals surface area contributed by atoms with Gasteiger partial charge in [-0.3, -0.25) is 0 Å². The lowest BCUT2D eigenvalue weighted by atomic mass is 9.85. The van der Waals surface area contributed by atoms with E-state index in [4.69, 9.17) is 18.9 Å². The molecule has 1 N–H and O–H groups in total. The standard InChI is InChI=1S/C17H22O5/c1-17(2)21-14-13(20-16(19-3)15(14)22-17)12(18)11-7-5-9-4-6-10(9)8-11/h5,7-8,12-16,18H,4,6H2,1-3H3/t12-,13-,14-,15-,16-/m1/s1. The zero-order valence-corrected chi connectivity index (χ0v) is 13.1. The molecule has 5 heteroatoms. The minimum atomic E-state index is -0.754. The fourth-order valence-corrected chi connectivity index (χ4v) is 3.62. The third-order valence-electron chi connectivity index (χ3n) is 4.83. The van der Waals surface area contributed by atoms with E-state index in [1.54, 1.807) is 7.11 Å². The monoisotopic (exact) mass is 306 g/mol. The SMILES string of the molecule is CO[C@@H]1O[C@H]([C@H](O)c2ccc3c(c2)CC3)[C@H]2OC(C)(C)O[C@@H]12. The number of methoxy groups -OCH3 is 1. The summed E-state index contributed by atoms with van der Waals surface area (Å²) >= 11 is 0. The van der Waals surface area contributed by atoms with E-state index in [0.717, 1.165) is 18.4 Å². The molecule has 1 aromatic rings. The molecule has 0 amide bonds. The van der Waals surface area contributed by atoms with E-state index in [9.17, 15) is 5.11 Å². The number of hydrogen-bond acceptors (Lipinski definition) is 5. The quantitative estimate of drug-likeness (QED) is 0.921. The van der Waals surface area contributed by atoms with Crippen LogP contribution >= 0.6 is 0 Å². The molecule has 1 aliphatic carbocycles. The first-order valence-corrected chi connectivity index (χ1v) is 7.82. The third kappa shape index (κ3) is 2.20. The second kappa shape index (κ2) is 5.01. The number of hydrogen-bond donors (Lipinski definition) is 1. The van der Waals surface area contributed by atoms with Gasteiger partial charge in [0.25, 0.3) is 0 Å².